The molecule has 1 aliphatic carbocycles. The molecular weight excluding hydrogens is 196 g/mol. The Morgan fingerprint density at radius 1 is 1.40 bits per heavy atom. The van der Waals surface area contributed by atoms with Crippen molar-refractivity contribution in [3.8, 4) is 0 Å². The van der Waals surface area contributed by atoms with Crippen LogP contribution in [0.1, 0.15) is 45.8 Å². The van der Waals surface area contributed by atoms with Crippen molar-refractivity contribution >= 4 is 11.8 Å². The molecule has 1 aromatic rings. The lowest BCUT2D eigenvalue weighted by Crippen LogP contribution is -2.09. The van der Waals surface area contributed by atoms with Gasteiger partial charge in [0.05, 0.1) is 12.7 Å². The molecular formula is C10H12N2O3. The van der Waals surface area contributed by atoms with Crippen molar-refractivity contribution in [1.29, 1.82) is 0 Å². The van der Waals surface area contributed by atoms with Gasteiger partial charge in [0.25, 0.3) is 0 Å². The predicted octanol–water partition coefficient (Wildman–Crippen LogP) is 1.11. The van der Waals surface area contributed by atoms with E-state index in [1.807, 2.05) is 0 Å². The molecule has 0 unspecified atom stereocenters. The summed E-state index contributed by atoms with van der Waals surface area (Å²) in [5.41, 5.74) is 1.32. The zero-order valence-corrected chi connectivity index (χ0v) is 8.50. The molecule has 1 N–H and O–H groups in total. The summed E-state index contributed by atoms with van der Waals surface area (Å²) >= 11 is 0. The van der Waals surface area contributed by atoms with E-state index in [4.69, 9.17) is 0 Å². The summed E-state index contributed by atoms with van der Waals surface area (Å²) in [4.78, 5) is 23.1. The molecule has 15 heavy (non-hydrogen) atoms. The number of esters is 1. The second kappa shape index (κ2) is 3.84. The number of ketones is 1. The highest BCUT2D eigenvalue weighted by atomic mass is 16.5. The van der Waals surface area contributed by atoms with Crippen LogP contribution in [0.15, 0.2) is 0 Å². The van der Waals surface area contributed by atoms with Gasteiger partial charge in [0.1, 0.15) is 0 Å². The fraction of sp³-hybridized carbons (Fsp3) is 0.500. The first kappa shape index (κ1) is 9.89. The number of ether oxygens (including phenoxy) is 1. The number of aromatic nitrogens is 2. The molecule has 0 bridgehead atoms. The van der Waals surface area contributed by atoms with Crippen LogP contribution in [0.2, 0.25) is 0 Å². The van der Waals surface area contributed by atoms with E-state index in [1.54, 1.807) is 0 Å². The SMILES string of the molecule is COC(=O)c1n[nH]c2c1C(=O)CCCC2. The second-order valence-electron chi connectivity index (χ2n) is 3.55. The van der Waals surface area contributed by atoms with Crippen molar-refractivity contribution in [3.63, 3.8) is 0 Å². The Bertz CT molecular complexity index is 409. The Labute approximate surface area is 86.8 Å². The van der Waals surface area contributed by atoms with Crippen molar-refractivity contribution in [3.05, 3.63) is 17.0 Å². The predicted molar refractivity (Wildman–Crippen MR) is 51.8 cm³/mol. The number of H-pyrrole nitrogens is 1. The Hall–Kier alpha value is -1.65. The van der Waals surface area contributed by atoms with Crippen LogP contribution in [0, 0.1) is 0 Å². The van der Waals surface area contributed by atoms with E-state index in [0.29, 0.717) is 12.0 Å². The molecule has 1 heterocycles. The highest BCUT2D eigenvalue weighted by molar-refractivity contribution is 6.06. The van der Waals surface area contributed by atoms with Gasteiger partial charge in [-0.15, -0.1) is 0 Å². The number of nitrogens with one attached hydrogen (secondary N) is 1. The molecule has 0 aromatic carbocycles. The van der Waals surface area contributed by atoms with Crippen LogP contribution in [-0.4, -0.2) is 29.1 Å². The van der Waals surface area contributed by atoms with Crippen LogP contribution in [0.3, 0.4) is 0 Å². The number of nitrogens with zero attached hydrogens (tertiary/aromatic N) is 1. The van der Waals surface area contributed by atoms with Gasteiger partial charge < -0.3 is 4.74 Å². The number of fused-ring (bicyclic) bond motifs is 1. The summed E-state index contributed by atoms with van der Waals surface area (Å²) in [6, 6.07) is 0. The standard InChI is InChI=1S/C10H12N2O3/c1-15-10(14)9-8-6(11-12-9)4-2-3-5-7(8)13/h2-5H2,1H3,(H,11,12). The topological polar surface area (TPSA) is 72.0 Å². The number of hydrogen-bond acceptors (Lipinski definition) is 4. The molecule has 0 spiro atoms. The van der Waals surface area contributed by atoms with Crippen molar-refractivity contribution in [2.45, 2.75) is 25.7 Å². The smallest absolute Gasteiger partial charge is 0.359 e. The zero-order chi connectivity index (χ0) is 10.8. The summed E-state index contributed by atoms with van der Waals surface area (Å²) in [6.45, 7) is 0. The highest BCUT2D eigenvalue weighted by Crippen LogP contribution is 2.21. The quantitative estimate of drug-likeness (QED) is 0.554. The van der Waals surface area contributed by atoms with Crippen molar-refractivity contribution < 1.29 is 14.3 Å². The first-order valence-electron chi connectivity index (χ1n) is 4.92. The molecule has 5 nitrogen and oxygen atoms in total. The summed E-state index contributed by atoms with van der Waals surface area (Å²) in [5, 5.41) is 6.58. The van der Waals surface area contributed by atoms with Crippen molar-refractivity contribution in [2.75, 3.05) is 7.11 Å². The van der Waals surface area contributed by atoms with Crippen LogP contribution in [0.5, 0.6) is 0 Å². The van der Waals surface area contributed by atoms with E-state index in [1.165, 1.54) is 7.11 Å². The number of Topliss-reactive ketones (excluding diaryl/α,β-unsaturated/α-hetero) is 1. The maximum atomic E-state index is 11.7. The number of carbonyl (C=O) groups is 2. The maximum Gasteiger partial charge on any atom is 0.359 e. The first-order chi connectivity index (χ1) is 7.24. The molecule has 0 fully saturated rings. The van der Waals surface area contributed by atoms with E-state index in [-0.39, 0.29) is 11.5 Å². The van der Waals surface area contributed by atoms with E-state index in [2.05, 4.69) is 14.9 Å². The molecule has 0 amide bonds. The van der Waals surface area contributed by atoms with Gasteiger partial charge in [-0.05, 0) is 19.3 Å². The third-order valence-electron chi connectivity index (χ3n) is 2.58. The van der Waals surface area contributed by atoms with Crippen molar-refractivity contribution in [2.24, 2.45) is 0 Å². The second-order valence-corrected chi connectivity index (χ2v) is 3.55. The van der Waals surface area contributed by atoms with Crippen LogP contribution in [0.4, 0.5) is 0 Å². The van der Waals surface area contributed by atoms with Gasteiger partial charge in [-0.2, -0.15) is 5.10 Å². The van der Waals surface area contributed by atoms with E-state index < -0.39 is 5.97 Å². The molecule has 0 aliphatic heterocycles. The van der Waals surface area contributed by atoms with E-state index in [0.717, 1.165) is 25.0 Å². The normalized spacial score (nSPS) is 15.7. The summed E-state index contributed by atoms with van der Waals surface area (Å²) < 4.78 is 4.58. The lowest BCUT2D eigenvalue weighted by molar-refractivity contribution is 0.0590. The van der Waals surface area contributed by atoms with E-state index >= 15 is 0 Å². The van der Waals surface area contributed by atoms with Gasteiger partial charge in [0, 0.05) is 12.1 Å². The maximum absolute atomic E-state index is 11.7. The minimum atomic E-state index is -0.553. The molecule has 1 aliphatic rings. The minimum absolute atomic E-state index is 0.0170. The fourth-order valence-electron chi connectivity index (χ4n) is 1.82. The molecule has 1 aromatic heterocycles. The van der Waals surface area contributed by atoms with Crippen LogP contribution in [-0.2, 0) is 11.2 Å². The van der Waals surface area contributed by atoms with Gasteiger partial charge in [-0.1, -0.05) is 0 Å². The van der Waals surface area contributed by atoms with Gasteiger partial charge in [0.15, 0.2) is 11.5 Å². The van der Waals surface area contributed by atoms with Crippen LogP contribution < -0.4 is 0 Å². The number of carbonyl (C=O) groups excluding carboxylic acids is 2. The Balaban J connectivity index is 2.46. The Morgan fingerprint density at radius 2 is 2.13 bits per heavy atom. The molecule has 0 saturated heterocycles. The highest BCUT2D eigenvalue weighted by Gasteiger charge is 2.26. The molecule has 80 valence electrons. The van der Waals surface area contributed by atoms with Crippen molar-refractivity contribution in [1.82, 2.24) is 10.2 Å². The third kappa shape index (κ3) is 1.65. The minimum Gasteiger partial charge on any atom is -0.464 e. The number of methoxy groups -OCH3 is 1. The zero-order valence-electron chi connectivity index (χ0n) is 8.50. The monoisotopic (exact) mass is 208 g/mol. The van der Waals surface area contributed by atoms with Gasteiger partial charge in [-0.25, -0.2) is 4.79 Å². The molecule has 0 radical (unpaired) electrons. The lowest BCUT2D eigenvalue weighted by atomic mass is 10.1. The van der Waals surface area contributed by atoms with Gasteiger partial charge in [-0.3, -0.25) is 9.89 Å². The van der Waals surface area contributed by atoms with Crippen LogP contribution in [0.25, 0.3) is 0 Å². The number of aryl methyl sites for hydroxylation is 1. The summed E-state index contributed by atoms with van der Waals surface area (Å²) in [5.74, 6) is -0.570. The molecule has 2 rings (SSSR count). The Kier molecular flexibility index (Phi) is 2.53. The Morgan fingerprint density at radius 3 is 2.87 bits per heavy atom. The lowest BCUT2D eigenvalue weighted by Gasteiger charge is -1.98. The molecule has 5 heteroatoms. The average Bonchev–Trinajstić information content (AvgIpc) is 2.58. The average molecular weight is 208 g/mol. The summed E-state index contributed by atoms with van der Waals surface area (Å²) in [7, 11) is 1.28. The number of rotatable bonds is 1. The largest absolute Gasteiger partial charge is 0.464 e. The first-order valence-corrected chi connectivity index (χ1v) is 4.92. The van der Waals surface area contributed by atoms with E-state index in [9.17, 15) is 9.59 Å². The third-order valence-corrected chi connectivity index (χ3v) is 2.58. The van der Waals surface area contributed by atoms with Crippen LogP contribution >= 0.6 is 0 Å². The van der Waals surface area contributed by atoms with Gasteiger partial charge in [0.2, 0.25) is 0 Å². The van der Waals surface area contributed by atoms with Gasteiger partial charge >= 0.3 is 5.97 Å². The molecule has 0 saturated carbocycles. The fourth-order valence-corrected chi connectivity index (χ4v) is 1.82. The molecule has 0 atom stereocenters. The number of aromatic amines is 1. The number of hydrogen-bond donors (Lipinski definition) is 1. The summed E-state index contributed by atoms with van der Waals surface area (Å²) in [6.07, 6.45) is 3.06.